The molecule has 1 fully saturated rings. The van der Waals surface area contributed by atoms with E-state index in [1.807, 2.05) is 0 Å². The van der Waals surface area contributed by atoms with Gasteiger partial charge in [-0.15, -0.1) is 0 Å². The van der Waals surface area contributed by atoms with E-state index in [1.54, 1.807) is 13.0 Å². The highest BCUT2D eigenvalue weighted by Crippen LogP contribution is 2.25. The molecule has 1 aromatic rings. The molecule has 7 heteroatoms. The number of halogens is 1. The molecule has 21 heavy (non-hydrogen) atoms. The van der Waals surface area contributed by atoms with Gasteiger partial charge in [0.05, 0.1) is 23.2 Å². The van der Waals surface area contributed by atoms with E-state index in [0.717, 1.165) is 6.07 Å². The Hall–Kier alpha value is -2.62. The Balaban J connectivity index is 2.09. The average molecular weight is 291 g/mol. The first-order valence-corrected chi connectivity index (χ1v) is 6.44. The predicted octanol–water partition coefficient (Wildman–Crippen LogP) is 2.02. The zero-order valence-corrected chi connectivity index (χ0v) is 11.3. The number of carbonyl (C=O) groups is 2. The first-order chi connectivity index (χ1) is 9.93. The van der Waals surface area contributed by atoms with Gasteiger partial charge in [-0.05, 0) is 31.5 Å². The Bertz CT molecular complexity index is 626. The highest BCUT2D eigenvalue weighted by atomic mass is 19.1. The molecule has 1 aliphatic heterocycles. The third-order valence-electron chi connectivity index (χ3n) is 3.67. The van der Waals surface area contributed by atoms with Crippen molar-refractivity contribution in [3.8, 4) is 6.07 Å². The summed E-state index contributed by atoms with van der Waals surface area (Å²) in [4.78, 5) is 24.5. The zero-order valence-electron chi connectivity index (χ0n) is 11.3. The van der Waals surface area contributed by atoms with Gasteiger partial charge in [0.25, 0.3) is 0 Å². The zero-order chi connectivity index (χ0) is 15.6. The molecule has 0 aromatic heterocycles. The number of urea groups is 1. The fraction of sp³-hybridized carbons (Fsp3) is 0.357. The van der Waals surface area contributed by atoms with E-state index >= 15 is 0 Å². The minimum atomic E-state index is -0.942. The Morgan fingerprint density at radius 3 is 2.76 bits per heavy atom. The first-order valence-electron chi connectivity index (χ1n) is 6.44. The van der Waals surface area contributed by atoms with Crippen LogP contribution in [0.2, 0.25) is 0 Å². The number of aliphatic carboxylic acids is 1. The predicted molar refractivity (Wildman–Crippen MR) is 72.0 cm³/mol. The van der Waals surface area contributed by atoms with Gasteiger partial charge in [0.2, 0.25) is 0 Å². The van der Waals surface area contributed by atoms with Gasteiger partial charge in [0, 0.05) is 12.6 Å². The molecule has 1 saturated heterocycles. The second kappa shape index (κ2) is 5.79. The van der Waals surface area contributed by atoms with Gasteiger partial charge in [-0.25, -0.2) is 9.18 Å². The van der Waals surface area contributed by atoms with Crippen LogP contribution in [-0.4, -0.2) is 34.6 Å². The third-order valence-corrected chi connectivity index (χ3v) is 3.67. The molecule has 0 spiro atoms. The minimum Gasteiger partial charge on any atom is -0.481 e. The fourth-order valence-electron chi connectivity index (χ4n) is 2.43. The number of amides is 2. The number of hydrogen-bond donors (Lipinski definition) is 2. The fourth-order valence-corrected chi connectivity index (χ4v) is 2.43. The maximum absolute atomic E-state index is 13.7. The van der Waals surface area contributed by atoms with Crippen LogP contribution in [0.5, 0.6) is 0 Å². The van der Waals surface area contributed by atoms with Gasteiger partial charge in [-0.3, -0.25) is 4.79 Å². The summed E-state index contributed by atoms with van der Waals surface area (Å²) in [5.41, 5.74) is 0.121. The van der Waals surface area contributed by atoms with Crippen molar-refractivity contribution in [2.45, 2.75) is 19.4 Å². The van der Waals surface area contributed by atoms with Crippen LogP contribution in [0.15, 0.2) is 18.2 Å². The monoisotopic (exact) mass is 291 g/mol. The molecule has 2 N–H and O–H groups in total. The van der Waals surface area contributed by atoms with Crippen LogP contribution >= 0.6 is 0 Å². The SMILES string of the molecule is CC1C(C(=O)O)CCN1C(=O)Nc1ccc(C#N)cc1F. The van der Waals surface area contributed by atoms with Crippen LogP contribution in [-0.2, 0) is 4.79 Å². The molecular formula is C14H14FN3O3. The van der Waals surface area contributed by atoms with Crippen molar-refractivity contribution in [3.63, 3.8) is 0 Å². The smallest absolute Gasteiger partial charge is 0.322 e. The second-order valence-electron chi connectivity index (χ2n) is 4.90. The summed E-state index contributed by atoms with van der Waals surface area (Å²) in [7, 11) is 0. The van der Waals surface area contributed by atoms with E-state index in [0.29, 0.717) is 13.0 Å². The molecular weight excluding hydrogens is 277 g/mol. The van der Waals surface area contributed by atoms with Crippen molar-refractivity contribution < 1.29 is 19.1 Å². The van der Waals surface area contributed by atoms with Crippen LogP contribution in [0.25, 0.3) is 0 Å². The highest BCUT2D eigenvalue weighted by Gasteiger charge is 2.38. The van der Waals surface area contributed by atoms with E-state index in [4.69, 9.17) is 10.4 Å². The maximum atomic E-state index is 13.7. The topological polar surface area (TPSA) is 93.4 Å². The van der Waals surface area contributed by atoms with E-state index in [9.17, 15) is 14.0 Å². The average Bonchev–Trinajstić information content (AvgIpc) is 2.83. The van der Waals surface area contributed by atoms with E-state index in [-0.39, 0.29) is 11.3 Å². The van der Waals surface area contributed by atoms with E-state index in [1.165, 1.54) is 17.0 Å². The lowest BCUT2D eigenvalue weighted by atomic mass is 10.0. The van der Waals surface area contributed by atoms with Crippen LogP contribution in [0.3, 0.4) is 0 Å². The van der Waals surface area contributed by atoms with Gasteiger partial charge in [-0.1, -0.05) is 0 Å². The molecule has 110 valence electrons. The number of carboxylic acid groups (broad SMARTS) is 1. The number of anilines is 1. The molecule has 0 aliphatic carbocycles. The summed E-state index contributed by atoms with van der Waals surface area (Å²) >= 11 is 0. The van der Waals surface area contributed by atoms with Gasteiger partial charge >= 0.3 is 12.0 Å². The molecule has 1 aliphatic rings. The summed E-state index contributed by atoms with van der Waals surface area (Å²) in [5, 5.41) is 20.1. The van der Waals surface area contributed by atoms with Crippen molar-refractivity contribution in [1.82, 2.24) is 4.90 Å². The summed E-state index contributed by atoms with van der Waals surface area (Å²) in [6, 6.07) is 4.53. The lowest BCUT2D eigenvalue weighted by Crippen LogP contribution is -2.40. The lowest BCUT2D eigenvalue weighted by molar-refractivity contribution is -0.142. The Labute approximate surface area is 120 Å². The van der Waals surface area contributed by atoms with E-state index < -0.39 is 29.8 Å². The second-order valence-corrected chi connectivity index (χ2v) is 4.90. The molecule has 6 nitrogen and oxygen atoms in total. The third kappa shape index (κ3) is 2.94. The largest absolute Gasteiger partial charge is 0.481 e. The minimum absolute atomic E-state index is 0.0371. The number of rotatable bonds is 2. The number of carboxylic acids is 1. The van der Waals surface area contributed by atoms with Crippen molar-refractivity contribution in [2.75, 3.05) is 11.9 Å². The van der Waals surface area contributed by atoms with Crippen molar-refractivity contribution >= 4 is 17.7 Å². The van der Waals surface area contributed by atoms with Crippen molar-refractivity contribution in [1.29, 1.82) is 5.26 Å². The normalized spacial score (nSPS) is 20.9. The number of nitrogens with one attached hydrogen (secondary N) is 1. The standard InChI is InChI=1S/C14H14FN3O3/c1-8-10(13(19)20)4-5-18(8)14(21)17-12-3-2-9(7-16)6-11(12)15/h2-3,6,8,10H,4-5H2,1H3,(H,17,21)(H,19,20). The molecule has 2 amide bonds. The molecule has 0 radical (unpaired) electrons. The molecule has 1 heterocycles. The summed E-state index contributed by atoms with van der Waals surface area (Å²) < 4.78 is 13.7. The number of hydrogen-bond acceptors (Lipinski definition) is 3. The molecule has 0 saturated carbocycles. The number of carbonyl (C=O) groups excluding carboxylic acids is 1. The Morgan fingerprint density at radius 2 is 2.24 bits per heavy atom. The Morgan fingerprint density at radius 1 is 1.52 bits per heavy atom. The van der Waals surface area contributed by atoms with Crippen LogP contribution in [0, 0.1) is 23.1 Å². The summed E-state index contributed by atoms with van der Waals surface area (Å²) in [6.45, 7) is 1.96. The maximum Gasteiger partial charge on any atom is 0.322 e. The first kappa shape index (κ1) is 14.8. The molecule has 0 bridgehead atoms. The van der Waals surface area contributed by atoms with Crippen molar-refractivity contribution in [2.24, 2.45) is 5.92 Å². The quantitative estimate of drug-likeness (QED) is 0.871. The number of nitrogens with zero attached hydrogens (tertiary/aromatic N) is 2. The van der Waals surface area contributed by atoms with Gasteiger partial charge in [0.15, 0.2) is 0 Å². The van der Waals surface area contributed by atoms with Crippen LogP contribution in [0.1, 0.15) is 18.9 Å². The van der Waals surface area contributed by atoms with Crippen LogP contribution in [0.4, 0.5) is 14.9 Å². The molecule has 1 aromatic carbocycles. The van der Waals surface area contributed by atoms with Gasteiger partial charge in [-0.2, -0.15) is 5.26 Å². The number of benzene rings is 1. The molecule has 2 unspecified atom stereocenters. The number of likely N-dealkylation sites (tertiary alicyclic amines) is 1. The Kier molecular flexibility index (Phi) is 4.08. The van der Waals surface area contributed by atoms with E-state index in [2.05, 4.69) is 5.32 Å². The van der Waals surface area contributed by atoms with Crippen molar-refractivity contribution in [3.05, 3.63) is 29.6 Å². The highest BCUT2D eigenvalue weighted by molar-refractivity contribution is 5.90. The number of nitriles is 1. The molecule has 2 atom stereocenters. The summed E-state index contributed by atoms with van der Waals surface area (Å²) in [5.74, 6) is -2.26. The van der Waals surface area contributed by atoms with Gasteiger partial charge < -0.3 is 15.3 Å². The lowest BCUT2D eigenvalue weighted by Gasteiger charge is -2.23. The van der Waals surface area contributed by atoms with Crippen LogP contribution < -0.4 is 5.32 Å². The summed E-state index contributed by atoms with van der Waals surface area (Å²) in [6.07, 6.45) is 0.375. The van der Waals surface area contributed by atoms with Gasteiger partial charge in [0.1, 0.15) is 5.82 Å². The molecule has 2 rings (SSSR count).